The molecule has 1 fully saturated rings. The first-order valence-electron chi connectivity index (χ1n) is 9.26. The number of rotatable bonds is 8. The molecular formula is C18H21N5O7S2. The molecule has 3 rings (SSSR count). The van der Waals surface area contributed by atoms with Crippen LogP contribution in [0.5, 0.6) is 0 Å². The molecule has 2 aliphatic heterocycles. The van der Waals surface area contributed by atoms with E-state index in [1.165, 1.54) is 54.5 Å². The lowest BCUT2D eigenvalue weighted by Gasteiger charge is -2.57. The van der Waals surface area contributed by atoms with Gasteiger partial charge in [0.1, 0.15) is 30.9 Å². The molecule has 172 valence electrons. The number of nitrogens with two attached hydrogens (primary N) is 1. The number of carbonyl (C=O) groups is 4. The molecule has 1 saturated heterocycles. The van der Waals surface area contributed by atoms with Gasteiger partial charge >= 0.3 is 12.1 Å². The molecule has 3 amide bonds. The molecule has 1 aromatic rings. The number of fused-ring (bicyclic) bond motifs is 1. The number of hydrogen-bond donors (Lipinski definition) is 2. The zero-order valence-electron chi connectivity index (χ0n) is 17.4. The summed E-state index contributed by atoms with van der Waals surface area (Å²) in [4.78, 5) is 59.1. The van der Waals surface area contributed by atoms with Crippen LogP contribution in [0.15, 0.2) is 27.8 Å². The van der Waals surface area contributed by atoms with Crippen LogP contribution in [0.4, 0.5) is 4.79 Å². The van der Waals surface area contributed by atoms with Crippen molar-refractivity contribution in [2.45, 2.75) is 30.9 Å². The highest BCUT2D eigenvalue weighted by molar-refractivity contribution is 8.00. The number of β-lactam (4-membered cyclic amide) rings is 1. The lowest BCUT2D eigenvalue weighted by Crippen LogP contribution is -2.83. The summed E-state index contributed by atoms with van der Waals surface area (Å²) in [6, 6.07) is 0. The molecule has 0 spiro atoms. The summed E-state index contributed by atoms with van der Waals surface area (Å²) in [5, 5.41) is 7.49. The van der Waals surface area contributed by atoms with Crippen molar-refractivity contribution in [1.82, 2.24) is 15.2 Å². The Balaban J connectivity index is 1.90. The van der Waals surface area contributed by atoms with E-state index < -0.39 is 40.9 Å². The third-order valence-electron chi connectivity index (χ3n) is 4.76. The maximum atomic E-state index is 13.3. The number of carbonyl (C=O) groups excluding carboxylic acids is 4. The number of thiazole rings is 1. The molecule has 3 atom stereocenters. The van der Waals surface area contributed by atoms with Crippen molar-refractivity contribution in [2.24, 2.45) is 10.9 Å². The zero-order chi connectivity index (χ0) is 23.5. The Hall–Kier alpha value is -3.13. The highest BCUT2D eigenvalue weighted by Gasteiger charge is 2.67. The van der Waals surface area contributed by atoms with Gasteiger partial charge in [0, 0.05) is 24.3 Å². The normalized spacial score (nSPS) is 23.3. The molecular weight excluding hydrogens is 462 g/mol. The van der Waals surface area contributed by atoms with Crippen LogP contribution in [0, 0.1) is 0 Å². The van der Waals surface area contributed by atoms with E-state index in [-0.39, 0.29) is 18.0 Å². The van der Waals surface area contributed by atoms with Crippen LogP contribution >= 0.6 is 23.1 Å². The minimum atomic E-state index is -1.55. The van der Waals surface area contributed by atoms with Gasteiger partial charge in [0.25, 0.3) is 11.8 Å². The second-order valence-corrected chi connectivity index (χ2v) is 8.63. The van der Waals surface area contributed by atoms with Crippen molar-refractivity contribution in [3.63, 3.8) is 0 Å². The topological polar surface area (TPSA) is 163 Å². The van der Waals surface area contributed by atoms with Crippen LogP contribution in [0.3, 0.4) is 0 Å². The molecule has 2 unspecified atom stereocenters. The predicted octanol–water partition coefficient (Wildman–Crippen LogP) is 0.194. The van der Waals surface area contributed by atoms with E-state index in [9.17, 15) is 19.2 Å². The van der Waals surface area contributed by atoms with Crippen molar-refractivity contribution in [3.05, 3.63) is 28.4 Å². The van der Waals surface area contributed by atoms with Crippen LogP contribution in [0.1, 0.15) is 19.5 Å². The van der Waals surface area contributed by atoms with Gasteiger partial charge in [0.2, 0.25) is 0 Å². The van der Waals surface area contributed by atoms with Crippen molar-refractivity contribution < 1.29 is 33.5 Å². The van der Waals surface area contributed by atoms with Crippen molar-refractivity contribution in [1.29, 1.82) is 0 Å². The highest BCUT2D eigenvalue weighted by Crippen LogP contribution is 2.45. The Morgan fingerprint density at radius 1 is 1.47 bits per heavy atom. The van der Waals surface area contributed by atoms with E-state index >= 15 is 0 Å². The van der Waals surface area contributed by atoms with E-state index in [0.29, 0.717) is 11.3 Å². The van der Waals surface area contributed by atoms with Gasteiger partial charge < -0.3 is 30.3 Å². The van der Waals surface area contributed by atoms with Gasteiger partial charge in [-0.15, -0.1) is 23.1 Å². The quantitative estimate of drug-likeness (QED) is 0.227. The summed E-state index contributed by atoms with van der Waals surface area (Å²) in [5.41, 5.74) is 5.77. The van der Waals surface area contributed by atoms with E-state index in [1.54, 1.807) is 11.6 Å². The lowest BCUT2D eigenvalue weighted by atomic mass is 9.82. The third kappa shape index (κ3) is 4.41. The summed E-state index contributed by atoms with van der Waals surface area (Å²) < 4.78 is 10.1. The number of primary amides is 1. The average Bonchev–Trinajstić information content (AvgIpc) is 3.27. The van der Waals surface area contributed by atoms with Crippen LogP contribution in [0.2, 0.25) is 0 Å². The fourth-order valence-electron chi connectivity index (χ4n) is 3.39. The maximum Gasteiger partial charge on any atom is 0.404 e. The number of nitrogens with one attached hydrogen (secondary N) is 1. The lowest BCUT2D eigenvalue weighted by molar-refractivity contribution is -0.171. The minimum absolute atomic E-state index is 0.0633. The van der Waals surface area contributed by atoms with Crippen LogP contribution in [0.25, 0.3) is 0 Å². The number of aromatic nitrogens is 1. The van der Waals surface area contributed by atoms with Crippen molar-refractivity contribution in [2.75, 3.05) is 19.5 Å². The Kier molecular flexibility index (Phi) is 7.03. The number of oxime groups is 1. The number of ether oxygens (including phenoxy) is 2. The summed E-state index contributed by atoms with van der Waals surface area (Å²) in [5.74, 6) is -1.41. The monoisotopic (exact) mass is 483 g/mol. The molecule has 0 aromatic carbocycles. The van der Waals surface area contributed by atoms with Gasteiger partial charge in [-0.2, -0.15) is 0 Å². The van der Waals surface area contributed by atoms with E-state index in [1.807, 2.05) is 0 Å². The molecule has 0 saturated carbocycles. The molecule has 0 radical (unpaired) electrons. The summed E-state index contributed by atoms with van der Waals surface area (Å²) >= 11 is 2.58. The van der Waals surface area contributed by atoms with Crippen LogP contribution in [-0.4, -0.2) is 76.0 Å². The molecule has 14 heteroatoms. The fourth-order valence-corrected chi connectivity index (χ4v) is 5.38. The molecule has 0 aliphatic carbocycles. The number of nitrogens with zero attached hydrogens (tertiary/aromatic N) is 3. The Morgan fingerprint density at radius 2 is 2.22 bits per heavy atom. The first-order chi connectivity index (χ1) is 15.2. The molecule has 1 aromatic heterocycles. The largest absolute Gasteiger partial charge is 0.460 e. The zero-order valence-corrected chi connectivity index (χ0v) is 19.0. The Morgan fingerprint density at radius 3 is 2.81 bits per heavy atom. The maximum absolute atomic E-state index is 13.3. The Bertz CT molecular complexity index is 980. The molecule has 3 heterocycles. The van der Waals surface area contributed by atoms with E-state index in [4.69, 9.17) is 20.0 Å². The predicted molar refractivity (Wildman–Crippen MR) is 114 cm³/mol. The SMILES string of the molecule is CO/N=C(\C(=O)NC1(C(C)OC(C)=O)C(=O)N2C=C(COC(N)=O)CS[C@H]21)c1cscn1. The van der Waals surface area contributed by atoms with Crippen LogP contribution in [-0.2, 0) is 28.7 Å². The smallest absolute Gasteiger partial charge is 0.404 e. The van der Waals surface area contributed by atoms with Crippen molar-refractivity contribution in [3.8, 4) is 0 Å². The van der Waals surface area contributed by atoms with Gasteiger partial charge in [-0.3, -0.25) is 14.4 Å². The van der Waals surface area contributed by atoms with Gasteiger partial charge in [-0.1, -0.05) is 5.16 Å². The standard InChI is InChI=1S/C18H21N5O7S2/c1-9(30-10(2)24)18(21-14(25)13(22-28-3)12-7-31-8-20-12)15(26)23-4-11(5-29-17(19)27)6-32-16(18)23/h4,7-9,16H,5-6H2,1-3H3,(H2,19,27)(H,21,25)/b22-13-/t9?,16-,18?/m0/s1. The molecule has 12 nitrogen and oxygen atoms in total. The number of amides is 3. The first-order valence-corrected chi connectivity index (χ1v) is 11.3. The van der Waals surface area contributed by atoms with Gasteiger partial charge in [-0.05, 0) is 12.5 Å². The summed E-state index contributed by atoms with van der Waals surface area (Å²) in [6.07, 6.45) is -0.367. The van der Waals surface area contributed by atoms with Gasteiger partial charge in [0.05, 0.1) is 5.51 Å². The van der Waals surface area contributed by atoms with E-state index in [0.717, 1.165) is 0 Å². The molecule has 32 heavy (non-hydrogen) atoms. The molecule has 0 bridgehead atoms. The summed E-state index contributed by atoms with van der Waals surface area (Å²) in [7, 11) is 1.28. The second-order valence-electron chi connectivity index (χ2n) is 6.84. The summed E-state index contributed by atoms with van der Waals surface area (Å²) in [6.45, 7) is 2.68. The third-order valence-corrected chi connectivity index (χ3v) is 6.79. The number of hydrogen-bond acceptors (Lipinski definition) is 11. The number of thioether (sulfide) groups is 1. The van der Waals surface area contributed by atoms with E-state index in [2.05, 4.69) is 15.5 Å². The first kappa shape index (κ1) is 23.5. The van der Waals surface area contributed by atoms with Gasteiger partial charge in [0.15, 0.2) is 11.3 Å². The van der Waals surface area contributed by atoms with Crippen molar-refractivity contribution >= 4 is 52.7 Å². The fraction of sp³-hybridized carbons (Fsp3) is 0.444. The van der Waals surface area contributed by atoms with Crippen LogP contribution < -0.4 is 11.1 Å². The molecule has 2 aliphatic rings. The Labute approximate surface area is 191 Å². The second kappa shape index (κ2) is 9.56. The minimum Gasteiger partial charge on any atom is -0.460 e. The van der Waals surface area contributed by atoms with Gasteiger partial charge in [-0.25, -0.2) is 9.78 Å². The number of esters is 1. The molecule has 3 N–H and O–H groups in total. The average molecular weight is 484 g/mol. The highest BCUT2D eigenvalue weighted by atomic mass is 32.2.